The number of halogens is 2. The van der Waals surface area contributed by atoms with Crippen LogP contribution in [0.15, 0.2) is 48.5 Å². The Morgan fingerprint density at radius 1 is 0.909 bits per heavy atom. The first-order valence-electron chi connectivity index (χ1n) is 11.2. The van der Waals surface area contributed by atoms with E-state index in [1.54, 1.807) is 4.90 Å². The highest BCUT2D eigenvalue weighted by Gasteiger charge is 2.34. The van der Waals surface area contributed by atoms with E-state index < -0.39 is 23.6 Å². The first kappa shape index (κ1) is 24.4. The van der Waals surface area contributed by atoms with Crippen molar-refractivity contribution < 1.29 is 23.2 Å². The first-order valence-corrected chi connectivity index (χ1v) is 11.2. The summed E-state index contributed by atoms with van der Waals surface area (Å²) < 4.78 is 26.4. The highest BCUT2D eigenvalue weighted by molar-refractivity contribution is 5.97. The zero-order chi connectivity index (χ0) is 24.0. The fraction of sp³-hybridized carbons (Fsp3) is 0.400. The summed E-state index contributed by atoms with van der Waals surface area (Å²) in [6, 6.07) is 9.72. The van der Waals surface area contributed by atoms with Crippen molar-refractivity contribution in [2.45, 2.75) is 45.2 Å². The second kappa shape index (κ2) is 11.0. The number of likely N-dealkylation sites (tertiary alicyclic amines) is 1. The zero-order valence-corrected chi connectivity index (χ0v) is 18.8. The van der Waals surface area contributed by atoms with Crippen LogP contribution in [0.3, 0.4) is 0 Å². The van der Waals surface area contributed by atoms with Crippen LogP contribution in [0.1, 0.15) is 53.8 Å². The van der Waals surface area contributed by atoms with Crippen LogP contribution in [0.2, 0.25) is 0 Å². The minimum Gasteiger partial charge on any atom is -0.352 e. The summed E-state index contributed by atoms with van der Waals surface area (Å²) in [6.07, 6.45) is 1.79. The van der Waals surface area contributed by atoms with Crippen molar-refractivity contribution in [1.82, 2.24) is 15.5 Å². The number of hydrogen-bond acceptors (Lipinski definition) is 3. The molecule has 3 rings (SSSR count). The molecular formula is C25H29F2N3O3. The summed E-state index contributed by atoms with van der Waals surface area (Å²) in [4.78, 5) is 40.1. The van der Waals surface area contributed by atoms with Crippen molar-refractivity contribution in [3.63, 3.8) is 0 Å². The molecule has 2 aromatic rings. The van der Waals surface area contributed by atoms with Crippen LogP contribution in [-0.2, 0) is 4.79 Å². The molecule has 33 heavy (non-hydrogen) atoms. The molecule has 6 nitrogen and oxygen atoms in total. The van der Waals surface area contributed by atoms with Gasteiger partial charge in [0, 0.05) is 30.3 Å². The molecule has 0 radical (unpaired) electrons. The van der Waals surface area contributed by atoms with Crippen LogP contribution in [0, 0.1) is 17.6 Å². The number of carbonyl (C=O) groups excluding carboxylic acids is 3. The molecule has 0 aliphatic carbocycles. The summed E-state index contributed by atoms with van der Waals surface area (Å²) >= 11 is 0. The van der Waals surface area contributed by atoms with Gasteiger partial charge in [0.05, 0.1) is 0 Å². The zero-order valence-electron chi connectivity index (χ0n) is 18.8. The molecule has 1 heterocycles. The largest absolute Gasteiger partial charge is 0.352 e. The molecular weight excluding hydrogens is 428 g/mol. The van der Waals surface area contributed by atoms with Crippen LogP contribution in [0.25, 0.3) is 0 Å². The van der Waals surface area contributed by atoms with E-state index in [1.807, 2.05) is 13.8 Å². The average molecular weight is 458 g/mol. The Hall–Kier alpha value is -3.29. The van der Waals surface area contributed by atoms with E-state index in [4.69, 9.17) is 0 Å². The predicted octanol–water partition coefficient (Wildman–Crippen LogP) is 3.53. The molecule has 2 atom stereocenters. The van der Waals surface area contributed by atoms with Crippen LogP contribution in [0.5, 0.6) is 0 Å². The lowest BCUT2D eigenvalue weighted by Gasteiger charge is -2.36. The van der Waals surface area contributed by atoms with Gasteiger partial charge in [0.1, 0.15) is 17.7 Å². The van der Waals surface area contributed by atoms with Crippen LogP contribution < -0.4 is 10.6 Å². The van der Waals surface area contributed by atoms with Gasteiger partial charge in [0.2, 0.25) is 5.91 Å². The van der Waals surface area contributed by atoms with E-state index in [0.717, 1.165) is 6.42 Å². The number of piperidine rings is 1. The lowest BCUT2D eigenvalue weighted by atomic mass is 9.88. The molecule has 1 aliphatic heterocycles. The van der Waals surface area contributed by atoms with Gasteiger partial charge in [-0.3, -0.25) is 14.4 Å². The fourth-order valence-corrected chi connectivity index (χ4v) is 3.87. The maximum absolute atomic E-state index is 13.2. The molecule has 0 spiro atoms. The topological polar surface area (TPSA) is 78.5 Å². The van der Waals surface area contributed by atoms with E-state index in [1.165, 1.54) is 48.5 Å². The molecule has 176 valence electrons. The number of hydrogen-bond donors (Lipinski definition) is 2. The fourth-order valence-electron chi connectivity index (χ4n) is 3.87. The Balaban J connectivity index is 1.69. The van der Waals surface area contributed by atoms with Crippen LogP contribution in [-0.4, -0.2) is 47.8 Å². The summed E-state index contributed by atoms with van der Waals surface area (Å²) in [6.45, 7) is 4.68. The monoisotopic (exact) mass is 457 g/mol. The summed E-state index contributed by atoms with van der Waals surface area (Å²) in [5.41, 5.74) is 0.673. The third kappa shape index (κ3) is 6.37. The lowest BCUT2D eigenvalue weighted by molar-refractivity contribution is -0.125. The number of rotatable bonds is 7. The molecule has 3 amide bonds. The average Bonchev–Trinajstić information content (AvgIpc) is 2.82. The van der Waals surface area contributed by atoms with Gasteiger partial charge in [-0.25, -0.2) is 8.78 Å². The minimum absolute atomic E-state index is 0.0529. The summed E-state index contributed by atoms with van der Waals surface area (Å²) in [7, 11) is 0. The molecule has 1 aliphatic rings. The third-order valence-corrected chi connectivity index (χ3v) is 6.07. The van der Waals surface area contributed by atoms with Crippen molar-refractivity contribution in [3.8, 4) is 0 Å². The Morgan fingerprint density at radius 2 is 1.42 bits per heavy atom. The van der Waals surface area contributed by atoms with Gasteiger partial charge in [0.25, 0.3) is 11.8 Å². The van der Waals surface area contributed by atoms with Crippen molar-refractivity contribution in [3.05, 3.63) is 71.3 Å². The Kier molecular flexibility index (Phi) is 8.14. The van der Waals surface area contributed by atoms with Gasteiger partial charge in [-0.15, -0.1) is 0 Å². The predicted molar refractivity (Wildman–Crippen MR) is 121 cm³/mol. The summed E-state index contributed by atoms with van der Waals surface area (Å²) in [5, 5.41) is 5.74. The highest BCUT2D eigenvalue weighted by Crippen LogP contribution is 2.23. The maximum atomic E-state index is 13.2. The van der Waals surface area contributed by atoms with Gasteiger partial charge in [-0.1, -0.05) is 6.92 Å². The van der Waals surface area contributed by atoms with E-state index in [0.29, 0.717) is 31.5 Å². The van der Waals surface area contributed by atoms with Gasteiger partial charge >= 0.3 is 0 Å². The van der Waals surface area contributed by atoms with E-state index in [9.17, 15) is 23.2 Å². The number of benzene rings is 2. The Morgan fingerprint density at radius 3 is 1.94 bits per heavy atom. The second-order valence-corrected chi connectivity index (χ2v) is 8.41. The quantitative estimate of drug-likeness (QED) is 0.668. The molecule has 0 saturated carbocycles. The first-order chi connectivity index (χ1) is 15.8. The molecule has 1 saturated heterocycles. The number of nitrogens with one attached hydrogen (secondary N) is 2. The van der Waals surface area contributed by atoms with Crippen LogP contribution in [0.4, 0.5) is 8.78 Å². The normalized spacial score (nSPS) is 16.1. The molecule has 2 N–H and O–H groups in total. The Bertz CT molecular complexity index is 971. The van der Waals surface area contributed by atoms with Gasteiger partial charge in [0.15, 0.2) is 0 Å². The van der Waals surface area contributed by atoms with Gasteiger partial charge in [-0.2, -0.15) is 0 Å². The molecule has 2 aromatic carbocycles. The van der Waals surface area contributed by atoms with Crippen molar-refractivity contribution in [2.24, 2.45) is 5.92 Å². The van der Waals surface area contributed by atoms with Crippen molar-refractivity contribution in [1.29, 1.82) is 0 Å². The second-order valence-electron chi connectivity index (χ2n) is 8.41. The Labute approximate surface area is 192 Å². The molecule has 1 fully saturated rings. The summed E-state index contributed by atoms with van der Waals surface area (Å²) in [5.74, 6) is -1.94. The lowest BCUT2D eigenvalue weighted by Crippen LogP contribution is -2.55. The highest BCUT2D eigenvalue weighted by atomic mass is 19.1. The van der Waals surface area contributed by atoms with Crippen LogP contribution >= 0.6 is 0 Å². The number of nitrogens with zero attached hydrogens (tertiary/aromatic N) is 1. The minimum atomic E-state index is -0.778. The SMILES string of the molecule is CC[C@H](C)NC(=O)[C@H](NC(=O)c1ccc(F)cc1)C1CCN(C(=O)c2ccc(F)cc2)CC1. The van der Waals surface area contributed by atoms with Crippen molar-refractivity contribution in [2.75, 3.05) is 13.1 Å². The molecule has 0 bridgehead atoms. The van der Waals surface area contributed by atoms with E-state index in [2.05, 4.69) is 10.6 Å². The molecule has 0 aromatic heterocycles. The molecule has 0 unspecified atom stereocenters. The van der Waals surface area contributed by atoms with Gasteiger partial charge in [-0.05, 0) is 80.6 Å². The van der Waals surface area contributed by atoms with Crippen molar-refractivity contribution >= 4 is 17.7 Å². The molecule has 8 heteroatoms. The smallest absolute Gasteiger partial charge is 0.253 e. The number of amides is 3. The number of carbonyl (C=O) groups is 3. The van der Waals surface area contributed by atoms with Gasteiger partial charge < -0.3 is 15.5 Å². The van der Waals surface area contributed by atoms with E-state index in [-0.39, 0.29) is 29.3 Å². The standard InChI is InChI=1S/C25H29F2N3O3/c1-3-16(2)28-24(32)22(29-23(31)18-4-8-20(26)9-5-18)17-12-14-30(15-13-17)25(33)19-6-10-21(27)11-7-19/h4-11,16-17,22H,3,12-15H2,1-2H3,(H,28,32)(H,29,31)/t16-,22+/m0/s1. The van der Waals surface area contributed by atoms with E-state index >= 15 is 0 Å². The maximum Gasteiger partial charge on any atom is 0.253 e. The third-order valence-electron chi connectivity index (χ3n) is 6.07.